The van der Waals surface area contributed by atoms with E-state index in [-0.39, 0.29) is 17.2 Å². The molecular weight excluding hydrogens is 240 g/mol. The van der Waals surface area contributed by atoms with Crippen molar-refractivity contribution in [3.05, 3.63) is 17.0 Å². The van der Waals surface area contributed by atoms with Crippen LogP contribution in [0.3, 0.4) is 0 Å². The van der Waals surface area contributed by atoms with Crippen LogP contribution < -0.4 is 10.6 Å². The third-order valence-corrected chi connectivity index (χ3v) is 2.22. The van der Waals surface area contributed by atoms with Gasteiger partial charge in [0.25, 0.3) is 0 Å². The summed E-state index contributed by atoms with van der Waals surface area (Å²) in [6.07, 6.45) is 2.05. The molecular formula is C11H17ClN4O. The monoisotopic (exact) mass is 256 g/mol. The molecule has 0 spiro atoms. The van der Waals surface area contributed by atoms with Gasteiger partial charge in [-0.25, -0.2) is 9.97 Å². The molecule has 94 valence electrons. The van der Waals surface area contributed by atoms with Crippen LogP contribution in [-0.2, 0) is 4.79 Å². The molecule has 0 aromatic carbocycles. The lowest BCUT2D eigenvalue weighted by Gasteiger charge is -2.10. The highest BCUT2D eigenvalue weighted by atomic mass is 35.5. The fraction of sp³-hybridized carbons (Fsp3) is 0.545. The van der Waals surface area contributed by atoms with Gasteiger partial charge < -0.3 is 10.6 Å². The van der Waals surface area contributed by atoms with Gasteiger partial charge in [-0.3, -0.25) is 4.79 Å². The summed E-state index contributed by atoms with van der Waals surface area (Å²) in [7, 11) is 0. The van der Waals surface area contributed by atoms with Gasteiger partial charge in [0, 0.05) is 30.8 Å². The third kappa shape index (κ3) is 4.99. The van der Waals surface area contributed by atoms with E-state index < -0.39 is 0 Å². The van der Waals surface area contributed by atoms with Crippen LogP contribution in [0.25, 0.3) is 0 Å². The second kappa shape index (κ2) is 6.39. The van der Waals surface area contributed by atoms with Crippen LogP contribution in [0.4, 0.5) is 5.82 Å². The lowest BCUT2D eigenvalue weighted by Crippen LogP contribution is -2.31. The van der Waals surface area contributed by atoms with Crippen LogP contribution in [0.5, 0.6) is 0 Å². The van der Waals surface area contributed by atoms with Gasteiger partial charge in [-0.2, -0.15) is 0 Å². The molecule has 0 aliphatic carbocycles. The highest BCUT2D eigenvalue weighted by Gasteiger charge is 2.05. The summed E-state index contributed by atoms with van der Waals surface area (Å²) in [4.78, 5) is 19.3. The molecule has 0 aliphatic rings. The number of hydrogen-bond donors (Lipinski definition) is 2. The van der Waals surface area contributed by atoms with Crippen molar-refractivity contribution in [2.24, 2.45) is 0 Å². The fourth-order valence-electron chi connectivity index (χ4n) is 1.29. The van der Waals surface area contributed by atoms with E-state index >= 15 is 0 Å². The molecule has 5 nitrogen and oxygen atoms in total. The van der Waals surface area contributed by atoms with Gasteiger partial charge in [-0.1, -0.05) is 0 Å². The Hall–Kier alpha value is -1.36. The average molecular weight is 257 g/mol. The maximum absolute atomic E-state index is 11.4. The summed E-state index contributed by atoms with van der Waals surface area (Å²) in [5.41, 5.74) is 0.902. The Labute approximate surface area is 106 Å². The smallest absolute Gasteiger partial charge is 0.224 e. The van der Waals surface area contributed by atoms with Gasteiger partial charge in [0.05, 0.1) is 0 Å². The minimum Gasteiger partial charge on any atom is -0.369 e. The van der Waals surface area contributed by atoms with Crippen molar-refractivity contribution in [3.63, 3.8) is 0 Å². The van der Waals surface area contributed by atoms with Crippen molar-refractivity contribution in [1.29, 1.82) is 0 Å². The Balaban J connectivity index is 2.40. The minimum absolute atomic E-state index is 0.0188. The van der Waals surface area contributed by atoms with Gasteiger partial charge in [0.15, 0.2) is 0 Å². The zero-order valence-corrected chi connectivity index (χ0v) is 11.0. The number of nitrogens with zero attached hydrogens (tertiary/aromatic N) is 2. The van der Waals surface area contributed by atoms with Crippen LogP contribution in [0, 0.1) is 6.92 Å². The van der Waals surface area contributed by atoms with Gasteiger partial charge >= 0.3 is 0 Å². The maximum atomic E-state index is 11.4. The van der Waals surface area contributed by atoms with Crippen LogP contribution in [0.15, 0.2) is 6.20 Å². The Morgan fingerprint density at radius 2 is 2.24 bits per heavy atom. The van der Waals surface area contributed by atoms with Crippen molar-refractivity contribution in [3.8, 4) is 0 Å². The quantitative estimate of drug-likeness (QED) is 0.788. The molecule has 0 fully saturated rings. The molecule has 1 aromatic heterocycles. The molecule has 0 bridgehead atoms. The first-order valence-corrected chi connectivity index (χ1v) is 5.89. The van der Waals surface area contributed by atoms with Gasteiger partial charge in [0.1, 0.15) is 5.82 Å². The van der Waals surface area contributed by atoms with E-state index in [2.05, 4.69) is 20.6 Å². The molecule has 1 aromatic rings. The number of nitrogens with one attached hydrogen (secondary N) is 2. The predicted octanol–water partition coefficient (Wildman–Crippen LogP) is 1.77. The van der Waals surface area contributed by atoms with Crippen molar-refractivity contribution in [2.75, 3.05) is 11.9 Å². The average Bonchev–Trinajstić information content (AvgIpc) is 2.22. The van der Waals surface area contributed by atoms with E-state index in [1.165, 1.54) is 0 Å². The standard InChI is InChI=1S/C11H17ClN4O/c1-7(2)15-9(17)4-5-13-10-8(3)6-14-11(12)16-10/h6-7H,4-5H2,1-3H3,(H,15,17)(H,13,14,16). The van der Waals surface area contributed by atoms with Gasteiger partial charge in [-0.15, -0.1) is 0 Å². The fourth-order valence-corrected chi connectivity index (χ4v) is 1.42. The second-order valence-electron chi connectivity index (χ2n) is 4.07. The number of carbonyl (C=O) groups excluding carboxylic acids is 1. The number of amides is 1. The molecule has 0 unspecified atom stereocenters. The largest absolute Gasteiger partial charge is 0.369 e. The number of hydrogen-bond acceptors (Lipinski definition) is 4. The molecule has 17 heavy (non-hydrogen) atoms. The zero-order chi connectivity index (χ0) is 12.8. The predicted molar refractivity (Wildman–Crippen MR) is 68.2 cm³/mol. The number of aromatic nitrogens is 2. The van der Waals surface area contributed by atoms with Gasteiger partial charge in [-0.05, 0) is 32.4 Å². The van der Waals surface area contributed by atoms with Crippen LogP contribution >= 0.6 is 11.6 Å². The number of rotatable bonds is 5. The Morgan fingerprint density at radius 3 is 2.88 bits per heavy atom. The number of anilines is 1. The van der Waals surface area contributed by atoms with E-state index in [1.807, 2.05) is 20.8 Å². The van der Waals surface area contributed by atoms with E-state index in [0.717, 1.165) is 5.56 Å². The molecule has 6 heteroatoms. The molecule has 0 saturated heterocycles. The summed E-state index contributed by atoms with van der Waals surface area (Å²) in [6.45, 7) is 6.26. The molecule has 1 amide bonds. The van der Waals surface area contributed by atoms with E-state index in [4.69, 9.17) is 11.6 Å². The van der Waals surface area contributed by atoms with Gasteiger partial charge in [0.2, 0.25) is 11.2 Å². The SMILES string of the molecule is Cc1cnc(Cl)nc1NCCC(=O)NC(C)C. The molecule has 1 rings (SSSR count). The summed E-state index contributed by atoms with van der Waals surface area (Å²) in [5, 5.41) is 6.08. The van der Waals surface area contributed by atoms with Crippen LogP contribution in [0.2, 0.25) is 5.28 Å². The number of carbonyl (C=O) groups is 1. The first kappa shape index (κ1) is 13.7. The minimum atomic E-state index is 0.0188. The normalized spacial score (nSPS) is 10.4. The van der Waals surface area contributed by atoms with Crippen molar-refractivity contribution >= 4 is 23.3 Å². The van der Waals surface area contributed by atoms with E-state index in [9.17, 15) is 4.79 Å². The summed E-state index contributed by atoms with van der Waals surface area (Å²) in [5.74, 6) is 0.688. The number of halogens is 1. The Kier molecular flexibility index (Phi) is 5.15. The lowest BCUT2D eigenvalue weighted by atomic mass is 10.3. The Bertz CT molecular complexity index is 395. The van der Waals surface area contributed by atoms with Crippen molar-refractivity contribution in [1.82, 2.24) is 15.3 Å². The molecule has 1 heterocycles. The first-order chi connectivity index (χ1) is 7.99. The molecule has 0 aliphatic heterocycles. The number of aryl methyl sites for hydroxylation is 1. The summed E-state index contributed by atoms with van der Waals surface area (Å²) >= 11 is 5.69. The van der Waals surface area contributed by atoms with Crippen LogP contribution in [0.1, 0.15) is 25.8 Å². The topological polar surface area (TPSA) is 66.9 Å². The third-order valence-electron chi connectivity index (χ3n) is 2.04. The van der Waals surface area contributed by atoms with E-state index in [0.29, 0.717) is 18.8 Å². The highest BCUT2D eigenvalue weighted by molar-refractivity contribution is 6.28. The van der Waals surface area contributed by atoms with Crippen molar-refractivity contribution < 1.29 is 4.79 Å². The van der Waals surface area contributed by atoms with Crippen molar-refractivity contribution in [2.45, 2.75) is 33.2 Å². The molecule has 2 N–H and O–H groups in total. The van der Waals surface area contributed by atoms with Crippen LogP contribution in [-0.4, -0.2) is 28.5 Å². The van der Waals surface area contributed by atoms with E-state index in [1.54, 1.807) is 6.20 Å². The molecule has 0 radical (unpaired) electrons. The summed E-state index contributed by atoms with van der Waals surface area (Å²) in [6, 6.07) is 0.165. The second-order valence-corrected chi connectivity index (χ2v) is 4.41. The first-order valence-electron chi connectivity index (χ1n) is 5.51. The zero-order valence-electron chi connectivity index (χ0n) is 10.2. The Morgan fingerprint density at radius 1 is 1.53 bits per heavy atom. The molecule has 0 saturated carbocycles. The summed E-state index contributed by atoms with van der Waals surface area (Å²) < 4.78 is 0. The lowest BCUT2D eigenvalue weighted by molar-refractivity contribution is -0.121. The maximum Gasteiger partial charge on any atom is 0.224 e. The highest BCUT2D eigenvalue weighted by Crippen LogP contribution is 2.12. The molecule has 0 atom stereocenters.